The third-order valence-corrected chi connectivity index (χ3v) is 3.63. The summed E-state index contributed by atoms with van der Waals surface area (Å²) in [7, 11) is 0. The zero-order chi connectivity index (χ0) is 17.5. The number of benzene rings is 1. The zero-order valence-electron chi connectivity index (χ0n) is 12.2. The van der Waals surface area contributed by atoms with Crippen LogP contribution in [0.15, 0.2) is 35.1 Å². The van der Waals surface area contributed by atoms with Crippen LogP contribution in [0.2, 0.25) is 0 Å². The average molecular weight is 388 g/mol. The van der Waals surface area contributed by atoms with Crippen LogP contribution in [0.4, 0.5) is 23.0 Å². The fourth-order valence-electron chi connectivity index (χ4n) is 1.93. The van der Waals surface area contributed by atoms with Gasteiger partial charge in [0.25, 0.3) is 0 Å². The van der Waals surface area contributed by atoms with Crippen molar-refractivity contribution in [2.24, 2.45) is 0 Å². The molecule has 0 aliphatic rings. The molecule has 10 heteroatoms. The normalized spacial score (nSPS) is 9.62. The smallest absolute Gasteiger partial charge is 0.333 e. The molecule has 0 amide bonds. The Morgan fingerprint density at radius 2 is 1.92 bits per heavy atom. The maximum atomic E-state index is 11.5. The van der Waals surface area contributed by atoms with Crippen LogP contribution in [0.1, 0.15) is 0 Å². The number of nitro groups is 1. The molecule has 0 radical (unpaired) electrons. The number of nitrogens with one attached hydrogen (secondary N) is 1. The van der Waals surface area contributed by atoms with Crippen molar-refractivity contribution < 1.29 is 4.92 Å². The van der Waals surface area contributed by atoms with Gasteiger partial charge in [-0.1, -0.05) is 12.1 Å². The first-order valence-electron chi connectivity index (χ1n) is 6.58. The number of para-hydroxylation sites is 1. The van der Waals surface area contributed by atoms with Crippen molar-refractivity contribution in [3.8, 4) is 12.1 Å². The Morgan fingerprint density at radius 3 is 2.50 bits per heavy atom. The Bertz CT molecular complexity index is 828. The number of nitriles is 2. The van der Waals surface area contributed by atoms with Gasteiger partial charge in [0.05, 0.1) is 22.7 Å². The van der Waals surface area contributed by atoms with E-state index < -0.39 is 10.6 Å². The van der Waals surface area contributed by atoms with Gasteiger partial charge in [-0.25, -0.2) is 9.97 Å². The molecule has 0 aliphatic heterocycles. The Morgan fingerprint density at radius 1 is 1.25 bits per heavy atom. The lowest BCUT2D eigenvalue weighted by Gasteiger charge is -2.17. The van der Waals surface area contributed by atoms with Crippen molar-refractivity contribution in [2.45, 2.75) is 0 Å². The monoisotopic (exact) mass is 387 g/mol. The summed E-state index contributed by atoms with van der Waals surface area (Å²) in [6.45, 7) is -0.417. The topological polar surface area (TPSA) is 132 Å². The molecule has 0 bridgehead atoms. The van der Waals surface area contributed by atoms with E-state index >= 15 is 0 Å². The molecule has 1 heterocycles. The van der Waals surface area contributed by atoms with E-state index in [2.05, 4.69) is 31.2 Å². The van der Waals surface area contributed by atoms with Gasteiger partial charge in [-0.05, 0) is 28.1 Å². The number of nitrogens with zero attached hydrogens (tertiary/aromatic N) is 6. The Labute approximate surface area is 145 Å². The van der Waals surface area contributed by atoms with Crippen molar-refractivity contribution in [3.63, 3.8) is 0 Å². The lowest BCUT2D eigenvalue weighted by molar-refractivity contribution is -0.383. The second-order valence-electron chi connectivity index (χ2n) is 4.43. The second-order valence-corrected chi connectivity index (χ2v) is 5.28. The van der Waals surface area contributed by atoms with Crippen LogP contribution in [0.3, 0.4) is 0 Å². The van der Waals surface area contributed by atoms with Crippen LogP contribution in [-0.2, 0) is 0 Å². The molecular formula is C14H10BrN7O2. The fraction of sp³-hybridized carbons (Fsp3) is 0.143. The Kier molecular flexibility index (Phi) is 5.60. The number of hydrogen-bond acceptors (Lipinski definition) is 8. The van der Waals surface area contributed by atoms with Gasteiger partial charge in [-0.3, -0.25) is 10.1 Å². The standard InChI is InChI=1S/C14H10BrN7O2/c15-10-3-1-2-4-11(10)20-13-12(22(23)24)14(19-9-18-13)21(7-5-16)8-6-17/h1-4,9H,7-8H2,(H,18,19,20). The predicted octanol–water partition coefficient (Wildman–Crippen LogP) is 2.74. The van der Waals surface area contributed by atoms with Gasteiger partial charge in [-0.2, -0.15) is 10.5 Å². The molecule has 0 unspecified atom stereocenters. The average Bonchev–Trinajstić information content (AvgIpc) is 2.56. The number of anilines is 3. The fourth-order valence-corrected chi connectivity index (χ4v) is 2.31. The highest BCUT2D eigenvalue weighted by atomic mass is 79.9. The van der Waals surface area contributed by atoms with Gasteiger partial charge in [0.15, 0.2) is 0 Å². The summed E-state index contributed by atoms with van der Waals surface area (Å²) in [5.74, 6) is -0.120. The van der Waals surface area contributed by atoms with Gasteiger partial charge in [0.1, 0.15) is 19.4 Å². The Balaban J connectivity index is 2.52. The summed E-state index contributed by atoms with van der Waals surface area (Å²) >= 11 is 3.34. The van der Waals surface area contributed by atoms with E-state index in [1.807, 2.05) is 12.1 Å². The maximum absolute atomic E-state index is 11.5. The Hall–Kier alpha value is -3.24. The van der Waals surface area contributed by atoms with Crippen LogP contribution < -0.4 is 10.2 Å². The van der Waals surface area contributed by atoms with Crippen LogP contribution in [0.5, 0.6) is 0 Å². The molecule has 9 nitrogen and oxygen atoms in total. The summed E-state index contributed by atoms with van der Waals surface area (Å²) in [6.07, 6.45) is 1.14. The number of rotatable bonds is 6. The highest BCUT2D eigenvalue weighted by molar-refractivity contribution is 9.10. The molecule has 2 rings (SSSR count). The summed E-state index contributed by atoms with van der Waals surface area (Å²) in [6, 6.07) is 10.8. The van der Waals surface area contributed by atoms with Gasteiger partial charge in [0, 0.05) is 4.47 Å². The first-order chi connectivity index (χ1) is 11.6. The summed E-state index contributed by atoms with van der Waals surface area (Å²) in [5, 5.41) is 32.1. The van der Waals surface area contributed by atoms with Gasteiger partial charge in [-0.15, -0.1) is 0 Å². The molecule has 1 aromatic heterocycles. The van der Waals surface area contributed by atoms with E-state index in [4.69, 9.17) is 10.5 Å². The van der Waals surface area contributed by atoms with Crippen molar-refractivity contribution >= 4 is 38.9 Å². The van der Waals surface area contributed by atoms with Gasteiger partial charge < -0.3 is 10.2 Å². The van der Waals surface area contributed by atoms with Crippen molar-refractivity contribution in [3.05, 3.63) is 45.2 Å². The molecule has 1 aromatic carbocycles. The minimum atomic E-state index is -0.643. The number of aromatic nitrogens is 2. The minimum absolute atomic E-state index is 0.0298. The number of halogens is 1. The molecule has 0 saturated carbocycles. The molecule has 0 spiro atoms. The van der Waals surface area contributed by atoms with E-state index in [-0.39, 0.29) is 24.7 Å². The van der Waals surface area contributed by atoms with Crippen LogP contribution in [0.25, 0.3) is 0 Å². The molecule has 120 valence electrons. The van der Waals surface area contributed by atoms with E-state index in [9.17, 15) is 10.1 Å². The quantitative estimate of drug-likeness (QED) is 0.454. The lowest BCUT2D eigenvalue weighted by atomic mass is 10.3. The van der Waals surface area contributed by atoms with Gasteiger partial charge >= 0.3 is 5.69 Å². The zero-order valence-corrected chi connectivity index (χ0v) is 13.8. The van der Waals surface area contributed by atoms with Gasteiger partial charge in [0.2, 0.25) is 11.6 Å². The summed E-state index contributed by atoms with van der Waals surface area (Å²) in [5.41, 5.74) is 0.177. The van der Waals surface area contributed by atoms with Crippen LogP contribution in [0, 0.1) is 32.8 Å². The minimum Gasteiger partial charge on any atom is -0.333 e. The first-order valence-corrected chi connectivity index (χ1v) is 7.37. The van der Waals surface area contributed by atoms with Crippen molar-refractivity contribution in [2.75, 3.05) is 23.3 Å². The summed E-state index contributed by atoms with van der Waals surface area (Å²) in [4.78, 5) is 19.9. The predicted molar refractivity (Wildman–Crippen MR) is 89.6 cm³/mol. The second kappa shape index (κ2) is 7.85. The van der Waals surface area contributed by atoms with E-state index in [0.717, 1.165) is 6.33 Å². The summed E-state index contributed by atoms with van der Waals surface area (Å²) < 4.78 is 0.699. The van der Waals surface area contributed by atoms with Crippen molar-refractivity contribution in [1.29, 1.82) is 10.5 Å². The van der Waals surface area contributed by atoms with Crippen LogP contribution >= 0.6 is 15.9 Å². The van der Waals surface area contributed by atoms with E-state index in [1.54, 1.807) is 24.3 Å². The van der Waals surface area contributed by atoms with Crippen molar-refractivity contribution in [1.82, 2.24) is 9.97 Å². The molecule has 1 N–H and O–H groups in total. The van der Waals surface area contributed by atoms with Crippen LogP contribution in [-0.4, -0.2) is 28.0 Å². The van der Waals surface area contributed by atoms with E-state index in [0.29, 0.717) is 10.2 Å². The molecular weight excluding hydrogens is 378 g/mol. The molecule has 0 atom stereocenters. The molecule has 24 heavy (non-hydrogen) atoms. The first kappa shape index (κ1) is 17.1. The lowest BCUT2D eigenvalue weighted by Crippen LogP contribution is -2.26. The molecule has 0 saturated heterocycles. The molecule has 0 fully saturated rings. The third kappa shape index (κ3) is 3.74. The third-order valence-electron chi connectivity index (χ3n) is 2.94. The van der Waals surface area contributed by atoms with E-state index in [1.165, 1.54) is 4.90 Å². The highest BCUT2D eigenvalue weighted by Crippen LogP contribution is 2.34. The number of hydrogen-bond donors (Lipinski definition) is 1. The molecule has 0 aliphatic carbocycles. The SMILES string of the molecule is N#CCN(CC#N)c1ncnc(Nc2ccccc2Br)c1[N+](=O)[O-]. The highest BCUT2D eigenvalue weighted by Gasteiger charge is 2.27. The molecule has 2 aromatic rings. The largest absolute Gasteiger partial charge is 0.353 e. The maximum Gasteiger partial charge on any atom is 0.353 e.